The minimum atomic E-state index is -0.491. The van der Waals surface area contributed by atoms with E-state index in [1.807, 2.05) is 16.7 Å². The SMILES string of the molecule is C=CCn1c(COc2ccccc2OC)nnc1SCC(=O)Nc1cc(C(=O)OCC)ccc1Cl. The van der Waals surface area contributed by atoms with Crippen molar-refractivity contribution in [3.8, 4) is 11.5 Å². The van der Waals surface area contributed by atoms with Crippen molar-refractivity contribution in [1.29, 1.82) is 0 Å². The monoisotopic (exact) mass is 516 g/mol. The van der Waals surface area contributed by atoms with Crippen molar-refractivity contribution in [3.05, 3.63) is 71.5 Å². The molecule has 0 aliphatic heterocycles. The number of hydrogen-bond donors (Lipinski definition) is 1. The molecule has 3 aromatic rings. The number of carbonyl (C=O) groups is 2. The van der Waals surface area contributed by atoms with Crippen molar-refractivity contribution in [2.45, 2.75) is 25.2 Å². The fraction of sp³-hybridized carbons (Fsp3) is 0.250. The smallest absolute Gasteiger partial charge is 0.338 e. The molecule has 0 saturated heterocycles. The van der Waals surface area contributed by atoms with Gasteiger partial charge in [0.05, 0.1) is 35.7 Å². The zero-order valence-electron chi connectivity index (χ0n) is 19.3. The van der Waals surface area contributed by atoms with Crippen LogP contribution in [-0.2, 0) is 22.7 Å². The van der Waals surface area contributed by atoms with Crippen LogP contribution in [0, 0.1) is 0 Å². The minimum absolute atomic E-state index is 0.0443. The number of rotatable bonds is 12. The van der Waals surface area contributed by atoms with Gasteiger partial charge in [0.2, 0.25) is 5.91 Å². The molecule has 184 valence electrons. The van der Waals surface area contributed by atoms with Crippen LogP contribution in [0.15, 0.2) is 60.3 Å². The normalized spacial score (nSPS) is 10.5. The third-order valence-electron chi connectivity index (χ3n) is 4.61. The third-order valence-corrected chi connectivity index (χ3v) is 5.91. The Labute approximate surface area is 212 Å². The molecule has 1 amide bonds. The number of esters is 1. The topological polar surface area (TPSA) is 105 Å². The van der Waals surface area contributed by atoms with Crippen LogP contribution in [0.3, 0.4) is 0 Å². The molecule has 0 aliphatic carbocycles. The molecule has 0 unspecified atom stereocenters. The second kappa shape index (κ2) is 12.8. The summed E-state index contributed by atoms with van der Waals surface area (Å²) in [6.07, 6.45) is 1.71. The van der Waals surface area contributed by atoms with Gasteiger partial charge in [-0.05, 0) is 37.3 Å². The number of hydrogen-bond acceptors (Lipinski definition) is 8. The van der Waals surface area contributed by atoms with E-state index in [1.54, 1.807) is 32.2 Å². The van der Waals surface area contributed by atoms with Gasteiger partial charge in [-0.15, -0.1) is 16.8 Å². The highest BCUT2D eigenvalue weighted by molar-refractivity contribution is 7.99. The molecule has 2 aromatic carbocycles. The Morgan fingerprint density at radius 3 is 2.69 bits per heavy atom. The van der Waals surface area contributed by atoms with Gasteiger partial charge in [-0.1, -0.05) is 41.6 Å². The summed E-state index contributed by atoms with van der Waals surface area (Å²) in [7, 11) is 1.57. The van der Waals surface area contributed by atoms with Gasteiger partial charge < -0.3 is 19.5 Å². The largest absolute Gasteiger partial charge is 0.493 e. The second-order valence-electron chi connectivity index (χ2n) is 6.99. The van der Waals surface area contributed by atoms with E-state index in [2.05, 4.69) is 22.1 Å². The lowest BCUT2D eigenvalue weighted by Gasteiger charge is -2.11. The molecule has 0 radical (unpaired) electrons. The van der Waals surface area contributed by atoms with Crippen molar-refractivity contribution in [2.75, 3.05) is 24.8 Å². The molecule has 0 bridgehead atoms. The summed E-state index contributed by atoms with van der Waals surface area (Å²) in [6, 6.07) is 11.9. The van der Waals surface area contributed by atoms with Crippen LogP contribution in [0.2, 0.25) is 5.02 Å². The Bertz CT molecular complexity index is 1200. The number of nitrogens with one attached hydrogen (secondary N) is 1. The summed E-state index contributed by atoms with van der Waals surface area (Å²) in [5, 5.41) is 12.0. The van der Waals surface area contributed by atoms with Crippen LogP contribution in [0.5, 0.6) is 11.5 Å². The molecule has 0 saturated carbocycles. The van der Waals surface area contributed by atoms with E-state index >= 15 is 0 Å². The van der Waals surface area contributed by atoms with Crippen LogP contribution < -0.4 is 14.8 Å². The lowest BCUT2D eigenvalue weighted by atomic mass is 10.2. The molecule has 0 fully saturated rings. The number of para-hydroxylation sites is 2. The van der Waals surface area contributed by atoms with Crippen LogP contribution in [-0.4, -0.2) is 46.1 Å². The van der Waals surface area contributed by atoms with Crippen molar-refractivity contribution < 1.29 is 23.8 Å². The first-order valence-electron chi connectivity index (χ1n) is 10.6. The van der Waals surface area contributed by atoms with Crippen LogP contribution in [0.1, 0.15) is 23.1 Å². The Morgan fingerprint density at radius 2 is 1.97 bits per heavy atom. The molecule has 1 heterocycles. The summed E-state index contributed by atoms with van der Waals surface area (Å²) >= 11 is 7.39. The zero-order valence-corrected chi connectivity index (χ0v) is 20.9. The van der Waals surface area contributed by atoms with E-state index in [-0.39, 0.29) is 24.9 Å². The second-order valence-corrected chi connectivity index (χ2v) is 8.34. The van der Waals surface area contributed by atoms with Crippen molar-refractivity contribution in [3.63, 3.8) is 0 Å². The number of amides is 1. The Hall–Kier alpha value is -3.50. The summed E-state index contributed by atoms with van der Waals surface area (Å²) in [5.41, 5.74) is 0.617. The Kier molecular flexibility index (Phi) is 9.56. The molecule has 0 atom stereocenters. The molecule has 9 nitrogen and oxygen atoms in total. The van der Waals surface area contributed by atoms with Gasteiger partial charge in [0.15, 0.2) is 22.5 Å². The van der Waals surface area contributed by atoms with Gasteiger partial charge in [-0.25, -0.2) is 4.79 Å². The molecule has 35 heavy (non-hydrogen) atoms. The van der Waals surface area contributed by atoms with E-state index in [0.717, 1.165) is 0 Å². The number of methoxy groups -OCH3 is 1. The summed E-state index contributed by atoms with van der Waals surface area (Å²) in [5.74, 6) is 0.997. The lowest BCUT2D eigenvalue weighted by Crippen LogP contribution is -2.16. The van der Waals surface area contributed by atoms with E-state index in [9.17, 15) is 9.59 Å². The molecule has 3 rings (SSSR count). The number of anilines is 1. The van der Waals surface area contributed by atoms with E-state index in [4.69, 9.17) is 25.8 Å². The molecule has 1 N–H and O–H groups in total. The zero-order chi connectivity index (χ0) is 25.2. The maximum Gasteiger partial charge on any atom is 0.338 e. The minimum Gasteiger partial charge on any atom is -0.493 e. The van der Waals surface area contributed by atoms with Gasteiger partial charge in [0, 0.05) is 6.54 Å². The summed E-state index contributed by atoms with van der Waals surface area (Å²) in [4.78, 5) is 24.5. The molecular formula is C24H25ClN4O5S. The number of carbonyl (C=O) groups excluding carboxylic acids is 2. The first kappa shape index (κ1) is 26.1. The maximum absolute atomic E-state index is 12.6. The number of benzene rings is 2. The average Bonchev–Trinajstić information content (AvgIpc) is 3.24. The maximum atomic E-state index is 12.6. The highest BCUT2D eigenvalue weighted by Crippen LogP contribution is 2.27. The highest BCUT2D eigenvalue weighted by Gasteiger charge is 2.16. The highest BCUT2D eigenvalue weighted by atomic mass is 35.5. The number of thioether (sulfide) groups is 1. The number of nitrogens with zero attached hydrogens (tertiary/aromatic N) is 3. The molecule has 11 heteroatoms. The van der Waals surface area contributed by atoms with E-state index in [0.29, 0.717) is 45.3 Å². The number of aromatic nitrogens is 3. The summed E-state index contributed by atoms with van der Waals surface area (Å²) < 4.78 is 18.0. The lowest BCUT2D eigenvalue weighted by molar-refractivity contribution is -0.113. The fourth-order valence-electron chi connectivity index (χ4n) is 3.00. The number of halogens is 1. The standard InChI is InChI=1S/C24H25ClN4O5S/c1-4-12-29-21(14-34-20-9-7-6-8-19(20)32-3)27-28-24(29)35-15-22(30)26-18-13-16(10-11-17(18)25)23(31)33-5-2/h4,6-11,13H,1,5,12,14-15H2,2-3H3,(H,26,30). The Balaban J connectivity index is 1.65. The molecular weight excluding hydrogens is 492 g/mol. The number of allylic oxidation sites excluding steroid dienone is 1. The van der Waals surface area contributed by atoms with Gasteiger partial charge in [-0.3, -0.25) is 9.36 Å². The quantitative estimate of drug-likeness (QED) is 0.211. The summed E-state index contributed by atoms with van der Waals surface area (Å²) in [6.45, 7) is 6.34. The number of ether oxygens (including phenoxy) is 3. The van der Waals surface area contributed by atoms with E-state index < -0.39 is 5.97 Å². The fourth-order valence-corrected chi connectivity index (χ4v) is 3.94. The first-order chi connectivity index (χ1) is 17.0. The van der Waals surface area contributed by atoms with Crippen molar-refractivity contribution in [2.24, 2.45) is 0 Å². The first-order valence-corrected chi connectivity index (χ1v) is 12.0. The Morgan fingerprint density at radius 1 is 1.20 bits per heavy atom. The van der Waals surface area contributed by atoms with Crippen molar-refractivity contribution >= 4 is 40.9 Å². The van der Waals surface area contributed by atoms with E-state index in [1.165, 1.54) is 30.0 Å². The van der Waals surface area contributed by atoms with Gasteiger partial charge in [0.1, 0.15) is 6.61 Å². The average molecular weight is 517 g/mol. The predicted molar refractivity (Wildman–Crippen MR) is 134 cm³/mol. The predicted octanol–water partition coefficient (Wildman–Crippen LogP) is 4.61. The van der Waals surface area contributed by atoms with Gasteiger partial charge in [0.25, 0.3) is 0 Å². The molecule has 0 aliphatic rings. The van der Waals surface area contributed by atoms with Gasteiger partial charge >= 0.3 is 5.97 Å². The van der Waals surface area contributed by atoms with Crippen LogP contribution in [0.4, 0.5) is 5.69 Å². The van der Waals surface area contributed by atoms with Crippen LogP contribution >= 0.6 is 23.4 Å². The molecule has 0 spiro atoms. The molecule has 1 aromatic heterocycles. The van der Waals surface area contributed by atoms with Crippen molar-refractivity contribution in [1.82, 2.24) is 14.8 Å². The van der Waals surface area contributed by atoms with Gasteiger partial charge in [-0.2, -0.15) is 0 Å². The third kappa shape index (κ3) is 7.00. The van der Waals surface area contributed by atoms with Crippen LogP contribution in [0.25, 0.3) is 0 Å².